The van der Waals surface area contributed by atoms with E-state index in [4.69, 9.17) is 10.2 Å². The van der Waals surface area contributed by atoms with Crippen molar-refractivity contribution in [2.24, 2.45) is 0 Å². The van der Waals surface area contributed by atoms with E-state index in [1.54, 1.807) is 24.3 Å². The van der Waals surface area contributed by atoms with Crippen LogP contribution in [0.15, 0.2) is 59.0 Å². The predicted octanol–water partition coefficient (Wildman–Crippen LogP) is 4.56. The van der Waals surface area contributed by atoms with Crippen LogP contribution in [-0.4, -0.2) is 22.5 Å². The molecule has 0 saturated carbocycles. The van der Waals surface area contributed by atoms with Crippen LogP contribution in [0.25, 0.3) is 22.2 Å². The molecule has 7 nitrogen and oxygen atoms in total. The maximum Gasteiger partial charge on any atom is 0.573 e. The molecular weight excluding hydrogens is 389 g/mol. The summed E-state index contributed by atoms with van der Waals surface area (Å²) in [6.07, 6.45) is -4.82. The van der Waals surface area contributed by atoms with Crippen LogP contribution >= 0.6 is 0 Å². The first kappa shape index (κ1) is 18.4. The molecule has 4 rings (SSSR count). The summed E-state index contributed by atoms with van der Waals surface area (Å²) in [6, 6.07) is 13.3. The summed E-state index contributed by atoms with van der Waals surface area (Å²) in [5.74, 6) is -0.313. The largest absolute Gasteiger partial charge is 0.573 e. The molecule has 2 aromatic carbocycles. The molecule has 0 aliphatic rings. The number of fused-ring (bicyclic) bond motifs is 1. The summed E-state index contributed by atoms with van der Waals surface area (Å²) in [6.45, 7) is 0. The number of furan rings is 1. The minimum absolute atomic E-state index is 0.0117. The fraction of sp³-hybridized carbons (Fsp3) is 0.0526. The summed E-state index contributed by atoms with van der Waals surface area (Å²) in [5.41, 5.74) is 7.37. The number of hydrogen-bond acceptors (Lipinski definition) is 5. The Balaban J connectivity index is 1.52. The number of amides is 1. The number of nitrogens with zero attached hydrogens (tertiary/aromatic N) is 1. The van der Waals surface area contributed by atoms with Crippen molar-refractivity contribution in [1.82, 2.24) is 10.2 Å². The number of nitrogen functional groups attached to an aromatic ring is 1. The van der Waals surface area contributed by atoms with E-state index in [-0.39, 0.29) is 11.4 Å². The Kier molecular flexibility index (Phi) is 4.38. The SMILES string of the molecule is Nc1n[nH]c2ccc(-c3ccc(C(=O)Nc4cccc(OC(F)(F)F)c4)o3)cc12. The second-order valence-electron chi connectivity index (χ2n) is 6.06. The van der Waals surface area contributed by atoms with E-state index in [0.29, 0.717) is 22.5 Å². The Morgan fingerprint density at radius 1 is 1.14 bits per heavy atom. The smallest absolute Gasteiger partial charge is 0.451 e. The molecule has 0 atom stereocenters. The van der Waals surface area contributed by atoms with Crippen LogP contribution in [0.2, 0.25) is 0 Å². The molecule has 4 N–H and O–H groups in total. The molecule has 0 spiro atoms. The maximum atomic E-state index is 12.4. The fourth-order valence-corrected chi connectivity index (χ4v) is 2.77. The second kappa shape index (κ2) is 6.89. The number of H-pyrrole nitrogens is 1. The van der Waals surface area contributed by atoms with Crippen molar-refractivity contribution < 1.29 is 27.1 Å². The van der Waals surface area contributed by atoms with Gasteiger partial charge in [-0.05, 0) is 42.5 Å². The minimum Gasteiger partial charge on any atom is -0.451 e. The first-order valence-corrected chi connectivity index (χ1v) is 8.29. The van der Waals surface area contributed by atoms with E-state index in [1.165, 1.54) is 18.2 Å². The number of benzene rings is 2. The maximum absolute atomic E-state index is 12.4. The molecule has 0 fully saturated rings. The summed E-state index contributed by atoms with van der Waals surface area (Å²) in [7, 11) is 0. The lowest BCUT2D eigenvalue weighted by atomic mass is 10.1. The summed E-state index contributed by atoms with van der Waals surface area (Å²) >= 11 is 0. The Labute approximate surface area is 161 Å². The number of ether oxygens (including phenoxy) is 1. The number of anilines is 2. The van der Waals surface area contributed by atoms with Gasteiger partial charge in [-0.15, -0.1) is 13.2 Å². The highest BCUT2D eigenvalue weighted by Gasteiger charge is 2.31. The lowest BCUT2D eigenvalue weighted by Gasteiger charge is -2.10. The van der Waals surface area contributed by atoms with Gasteiger partial charge in [0, 0.05) is 22.7 Å². The number of carbonyl (C=O) groups excluding carboxylic acids is 1. The molecule has 148 valence electrons. The quantitative estimate of drug-likeness (QED) is 0.464. The molecule has 0 saturated heterocycles. The van der Waals surface area contributed by atoms with Crippen LogP contribution in [0.5, 0.6) is 5.75 Å². The normalized spacial score (nSPS) is 11.6. The number of aromatic amines is 1. The number of alkyl halides is 3. The average molecular weight is 402 g/mol. The third kappa shape index (κ3) is 4.00. The number of nitrogens with one attached hydrogen (secondary N) is 2. The van der Waals surface area contributed by atoms with Crippen molar-refractivity contribution >= 4 is 28.3 Å². The summed E-state index contributed by atoms with van der Waals surface area (Å²) in [4.78, 5) is 12.4. The van der Waals surface area contributed by atoms with Crippen LogP contribution in [0.1, 0.15) is 10.6 Å². The number of carbonyl (C=O) groups is 1. The monoisotopic (exact) mass is 402 g/mol. The topological polar surface area (TPSA) is 106 Å². The highest BCUT2D eigenvalue weighted by molar-refractivity contribution is 6.02. The Hall–Kier alpha value is -3.95. The minimum atomic E-state index is -4.82. The van der Waals surface area contributed by atoms with Gasteiger partial charge >= 0.3 is 6.36 Å². The van der Waals surface area contributed by atoms with E-state index in [0.717, 1.165) is 17.6 Å². The van der Waals surface area contributed by atoms with Crippen molar-refractivity contribution in [3.63, 3.8) is 0 Å². The molecule has 0 aliphatic heterocycles. The molecule has 0 radical (unpaired) electrons. The van der Waals surface area contributed by atoms with E-state index in [2.05, 4.69) is 20.3 Å². The van der Waals surface area contributed by atoms with Gasteiger partial charge in [0.1, 0.15) is 11.5 Å². The van der Waals surface area contributed by atoms with Crippen molar-refractivity contribution in [2.75, 3.05) is 11.1 Å². The highest BCUT2D eigenvalue weighted by atomic mass is 19.4. The van der Waals surface area contributed by atoms with E-state index < -0.39 is 18.0 Å². The molecule has 0 unspecified atom stereocenters. The zero-order chi connectivity index (χ0) is 20.6. The molecule has 4 aromatic rings. The van der Waals surface area contributed by atoms with Gasteiger partial charge in [-0.25, -0.2) is 0 Å². The van der Waals surface area contributed by atoms with Crippen LogP contribution in [0, 0.1) is 0 Å². The van der Waals surface area contributed by atoms with Crippen LogP contribution in [0.3, 0.4) is 0 Å². The van der Waals surface area contributed by atoms with Crippen molar-refractivity contribution in [3.8, 4) is 17.1 Å². The van der Waals surface area contributed by atoms with Crippen molar-refractivity contribution in [2.45, 2.75) is 6.36 Å². The molecule has 2 heterocycles. The Morgan fingerprint density at radius 2 is 1.97 bits per heavy atom. The van der Waals surface area contributed by atoms with Gasteiger partial charge in [-0.3, -0.25) is 9.89 Å². The van der Waals surface area contributed by atoms with Crippen LogP contribution in [-0.2, 0) is 0 Å². The van der Waals surface area contributed by atoms with E-state index in [1.807, 2.05) is 0 Å². The molecular formula is C19H13F3N4O3. The standard InChI is InChI=1S/C19H13F3N4O3/c20-19(21,22)29-12-3-1-2-11(9-12)24-18(27)16-7-6-15(28-16)10-4-5-14-13(8-10)17(23)26-25-14/h1-9H,(H,24,27)(H3,23,25,26). The van der Waals surface area contributed by atoms with Gasteiger partial charge in [0.2, 0.25) is 0 Å². The van der Waals surface area contributed by atoms with Gasteiger partial charge in [0.15, 0.2) is 11.6 Å². The first-order valence-electron chi connectivity index (χ1n) is 8.29. The van der Waals surface area contributed by atoms with E-state index in [9.17, 15) is 18.0 Å². The van der Waals surface area contributed by atoms with Gasteiger partial charge in [-0.2, -0.15) is 5.10 Å². The van der Waals surface area contributed by atoms with Gasteiger partial charge in [0.25, 0.3) is 5.91 Å². The lowest BCUT2D eigenvalue weighted by molar-refractivity contribution is -0.274. The third-order valence-electron chi connectivity index (χ3n) is 4.03. The van der Waals surface area contributed by atoms with Crippen LogP contribution < -0.4 is 15.8 Å². The Bertz CT molecular complexity index is 1200. The second-order valence-corrected chi connectivity index (χ2v) is 6.06. The molecule has 1 amide bonds. The molecule has 2 aromatic heterocycles. The lowest BCUT2D eigenvalue weighted by Crippen LogP contribution is -2.17. The van der Waals surface area contributed by atoms with Crippen molar-refractivity contribution in [3.05, 3.63) is 60.4 Å². The van der Waals surface area contributed by atoms with Gasteiger partial charge in [-0.1, -0.05) is 6.07 Å². The third-order valence-corrected chi connectivity index (χ3v) is 4.03. The number of halogens is 3. The number of rotatable bonds is 4. The molecule has 0 aliphatic carbocycles. The summed E-state index contributed by atoms with van der Waals surface area (Å²) < 4.78 is 46.4. The van der Waals surface area contributed by atoms with Crippen LogP contribution in [0.4, 0.5) is 24.7 Å². The predicted molar refractivity (Wildman–Crippen MR) is 99.3 cm³/mol. The van der Waals surface area contributed by atoms with E-state index >= 15 is 0 Å². The zero-order valence-corrected chi connectivity index (χ0v) is 14.6. The van der Waals surface area contributed by atoms with Gasteiger partial charge in [0.05, 0.1) is 5.52 Å². The number of hydrogen-bond donors (Lipinski definition) is 3. The average Bonchev–Trinajstić information content (AvgIpc) is 3.28. The molecule has 10 heteroatoms. The summed E-state index contributed by atoms with van der Waals surface area (Å²) in [5, 5.41) is 9.89. The molecule has 29 heavy (non-hydrogen) atoms. The van der Waals surface area contributed by atoms with Gasteiger partial charge < -0.3 is 20.2 Å². The first-order chi connectivity index (χ1) is 13.8. The number of aromatic nitrogens is 2. The number of nitrogens with two attached hydrogens (primary N) is 1. The van der Waals surface area contributed by atoms with Crippen molar-refractivity contribution in [1.29, 1.82) is 0 Å². The highest BCUT2D eigenvalue weighted by Crippen LogP contribution is 2.29. The zero-order valence-electron chi connectivity index (χ0n) is 14.6. The molecule has 0 bridgehead atoms. The Morgan fingerprint density at radius 3 is 2.76 bits per heavy atom. The fourth-order valence-electron chi connectivity index (χ4n) is 2.77.